The molecule has 0 atom stereocenters. The van der Waals surface area contributed by atoms with Crippen LogP contribution < -0.4 is 16.4 Å². The average molecular weight is 352 g/mol. The fourth-order valence-corrected chi connectivity index (χ4v) is 3.35. The standard InChI is InChI=1S/C21H28N4O/c1-21(2)10-8-17(9-11-21)25-20(26)16-12-18(22)19(24-14-16)23-13-15-6-4-3-5-7-15/h3-7,12,14,17H,8-11,13,22H2,1-2H3,(H,23,24)(H,25,26). The van der Waals surface area contributed by atoms with E-state index in [1.165, 1.54) is 0 Å². The van der Waals surface area contributed by atoms with Gasteiger partial charge in [-0.1, -0.05) is 44.2 Å². The normalized spacial score (nSPS) is 16.8. The first-order chi connectivity index (χ1) is 12.4. The van der Waals surface area contributed by atoms with E-state index in [4.69, 9.17) is 5.73 Å². The maximum Gasteiger partial charge on any atom is 0.253 e. The van der Waals surface area contributed by atoms with Gasteiger partial charge in [0.25, 0.3) is 5.91 Å². The van der Waals surface area contributed by atoms with E-state index in [1.807, 2.05) is 30.3 Å². The van der Waals surface area contributed by atoms with Gasteiger partial charge in [0, 0.05) is 18.8 Å². The monoisotopic (exact) mass is 352 g/mol. The van der Waals surface area contributed by atoms with Crippen LogP contribution in [0.1, 0.15) is 55.5 Å². The molecule has 0 aliphatic heterocycles. The minimum absolute atomic E-state index is 0.0940. The first-order valence-electron chi connectivity index (χ1n) is 9.27. The van der Waals surface area contributed by atoms with Gasteiger partial charge >= 0.3 is 0 Å². The lowest BCUT2D eigenvalue weighted by Crippen LogP contribution is -2.39. The summed E-state index contributed by atoms with van der Waals surface area (Å²) in [6, 6.07) is 12.0. The molecule has 5 heteroatoms. The number of anilines is 2. The van der Waals surface area contributed by atoms with Crippen LogP contribution in [0.4, 0.5) is 11.5 Å². The van der Waals surface area contributed by atoms with E-state index in [1.54, 1.807) is 12.3 Å². The number of nitrogen functional groups attached to an aromatic ring is 1. The van der Waals surface area contributed by atoms with Crippen molar-refractivity contribution in [1.29, 1.82) is 0 Å². The number of rotatable bonds is 5. The highest BCUT2D eigenvalue weighted by molar-refractivity contribution is 5.95. The number of nitrogens with two attached hydrogens (primary N) is 1. The van der Waals surface area contributed by atoms with Gasteiger partial charge in [-0.25, -0.2) is 4.98 Å². The van der Waals surface area contributed by atoms with Crippen LogP contribution in [0.5, 0.6) is 0 Å². The molecule has 0 bridgehead atoms. The number of carbonyl (C=O) groups excluding carboxylic acids is 1. The Bertz CT molecular complexity index is 748. The molecule has 26 heavy (non-hydrogen) atoms. The van der Waals surface area contributed by atoms with Gasteiger partial charge in [0.15, 0.2) is 0 Å². The van der Waals surface area contributed by atoms with Gasteiger partial charge in [-0.3, -0.25) is 4.79 Å². The van der Waals surface area contributed by atoms with Gasteiger partial charge in [0.2, 0.25) is 0 Å². The smallest absolute Gasteiger partial charge is 0.253 e. The number of nitrogens with one attached hydrogen (secondary N) is 2. The second-order valence-electron chi connectivity index (χ2n) is 7.91. The number of nitrogens with zero attached hydrogens (tertiary/aromatic N) is 1. The summed E-state index contributed by atoms with van der Waals surface area (Å²) in [6.07, 6.45) is 5.92. The highest BCUT2D eigenvalue weighted by atomic mass is 16.1. The Hall–Kier alpha value is -2.56. The Kier molecular flexibility index (Phi) is 5.45. The molecule has 0 radical (unpaired) electrons. The maximum absolute atomic E-state index is 12.5. The average Bonchev–Trinajstić information content (AvgIpc) is 2.63. The lowest BCUT2D eigenvalue weighted by molar-refractivity contribution is 0.0908. The van der Waals surface area contributed by atoms with Crippen LogP contribution >= 0.6 is 0 Å². The van der Waals surface area contributed by atoms with Crippen LogP contribution in [0.2, 0.25) is 0 Å². The van der Waals surface area contributed by atoms with Gasteiger partial charge in [-0.15, -0.1) is 0 Å². The van der Waals surface area contributed by atoms with Crippen molar-refractivity contribution in [2.24, 2.45) is 5.41 Å². The Morgan fingerprint density at radius 3 is 2.58 bits per heavy atom. The number of carbonyl (C=O) groups is 1. The van der Waals surface area contributed by atoms with Crippen molar-refractivity contribution in [2.75, 3.05) is 11.1 Å². The molecule has 0 saturated heterocycles. The topological polar surface area (TPSA) is 80.0 Å². The zero-order valence-corrected chi connectivity index (χ0v) is 15.6. The first kappa shape index (κ1) is 18.2. The van der Waals surface area contributed by atoms with Crippen molar-refractivity contribution in [2.45, 2.75) is 52.1 Å². The molecule has 5 nitrogen and oxygen atoms in total. The fraction of sp³-hybridized carbons (Fsp3) is 0.429. The second kappa shape index (κ2) is 7.77. The third kappa shape index (κ3) is 4.75. The molecule has 2 aromatic rings. The molecular weight excluding hydrogens is 324 g/mol. The summed E-state index contributed by atoms with van der Waals surface area (Å²) in [7, 11) is 0. The van der Waals surface area contributed by atoms with Crippen molar-refractivity contribution in [1.82, 2.24) is 10.3 Å². The van der Waals surface area contributed by atoms with Crippen LogP contribution in [-0.2, 0) is 6.54 Å². The molecule has 0 spiro atoms. The van der Waals surface area contributed by atoms with E-state index in [2.05, 4.69) is 29.5 Å². The highest BCUT2D eigenvalue weighted by Gasteiger charge is 2.27. The van der Waals surface area contributed by atoms with Gasteiger partial charge in [0.1, 0.15) is 5.82 Å². The summed E-state index contributed by atoms with van der Waals surface area (Å²) >= 11 is 0. The third-order valence-corrected chi connectivity index (χ3v) is 5.16. The van der Waals surface area contributed by atoms with E-state index in [0.29, 0.717) is 29.0 Å². The number of pyridine rings is 1. The Morgan fingerprint density at radius 1 is 1.23 bits per heavy atom. The summed E-state index contributed by atoms with van der Waals surface area (Å²) < 4.78 is 0. The summed E-state index contributed by atoms with van der Waals surface area (Å²) in [6.45, 7) is 5.22. The molecule has 1 heterocycles. The molecule has 1 aliphatic rings. The molecule has 4 N–H and O–H groups in total. The van der Waals surface area contributed by atoms with Crippen molar-refractivity contribution < 1.29 is 4.79 Å². The lowest BCUT2D eigenvalue weighted by atomic mass is 9.75. The Balaban J connectivity index is 1.57. The van der Waals surface area contributed by atoms with Crippen molar-refractivity contribution in [3.63, 3.8) is 0 Å². The Morgan fingerprint density at radius 2 is 1.92 bits per heavy atom. The largest absolute Gasteiger partial charge is 0.396 e. The van der Waals surface area contributed by atoms with Gasteiger partial charge in [-0.05, 0) is 42.7 Å². The first-order valence-corrected chi connectivity index (χ1v) is 9.27. The van der Waals surface area contributed by atoms with Crippen LogP contribution in [0.25, 0.3) is 0 Å². The van der Waals surface area contributed by atoms with Crippen LogP contribution in [0.15, 0.2) is 42.6 Å². The number of benzene rings is 1. The van der Waals surface area contributed by atoms with E-state index in [9.17, 15) is 4.79 Å². The molecule has 1 saturated carbocycles. The summed E-state index contributed by atoms with van der Waals surface area (Å²) in [5.41, 5.74) is 8.62. The third-order valence-electron chi connectivity index (χ3n) is 5.16. The molecule has 1 aromatic heterocycles. The van der Waals surface area contributed by atoms with Gasteiger partial charge in [0.05, 0.1) is 11.3 Å². The second-order valence-corrected chi connectivity index (χ2v) is 7.91. The summed E-state index contributed by atoms with van der Waals surface area (Å²) in [4.78, 5) is 16.8. The van der Waals surface area contributed by atoms with E-state index in [0.717, 1.165) is 31.2 Å². The molecule has 1 amide bonds. The summed E-state index contributed by atoms with van der Waals surface area (Å²) in [5.74, 6) is 0.508. The van der Waals surface area contributed by atoms with E-state index >= 15 is 0 Å². The number of hydrogen-bond acceptors (Lipinski definition) is 4. The number of hydrogen-bond donors (Lipinski definition) is 3. The van der Waals surface area contributed by atoms with Crippen molar-refractivity contribution >= 4 is 17.4 Å². The molecule has 3 rings (SSSR count). The van der Waals surface area contributed by atoms with Crippen LogP contribution in [0, 0.1) is 5.41 Å². The molecule has 138 valence electrons. The highest BCUT2D eigenvalue weighted by Crippen LogP contribution is 2.35. The zero-order chi connectivity index (χ0) is 18.6. The van der Waals surface area contributed by atoms with Crippen LogP contribution in [0.3, 0.4) is 0 Å². The lowest BCUT2D eigenvalue weighted by Gasteiger charge is -2.34. The quantitative estimate of drug-likeness (QED) is 0.760. The molecule has 1 aromatic carbocycles. The van der Waals surface area contributed by atoms with Gasteiger partial charge < -0.3 is 16.4 Å². The maximum atomic E-state index is 12.5. The predicted octanol–water partition coefficient (Wildman–Crippen LogP) is 3.97. The van der Waals surface area contributed by atoms with E-state index < -0.39 is 0 Å². The molecule has 0 unspecified atom stereocenters. The minimum Gasteiger partial charge on any atom is -0.396 e. The predicted molar refractivity (Wildman–Crippen MR) is 106 cm³/mol. The summed E-state index contributed by atoms with van der Waals surface area (Å²) in [5, 5.41) is 6.34. The van der Waals surface area contributed by atoms with Crippen molar-refractivity contribution in [3.05, 3.63) is 53.7 Å². The van der Waals surface area contributed by atoms with Crippen LogP contribution in [-0.4, -0.2) is 16.9 Å². The van der Waals surface area contributed by atoms with E-state index in [-0.39, 0.29) is 11.9 Å². The van der Waals surface area contributed by atoms with Gasteiger partial charge in [-0.2, -0.15) is 0 Å². The minimum atomic E-state index is -0.0940. The fourth-order valence-electron chi connectivity index (χ4n) is 3.35. The number of amides is 1. The molecule has 1 aliphatic carbocycles. The SMILES string of the molecule is CC1(C)CCC(NC(=O)c2cnc(NCc3ccccc3)c(N)c2)CC1. The Labute approximate surface area is 155 Å². The molecule has 1 fully saturated rings. The zero-order valence-electron chi connectivity index (χ0n) is 15.6. The molecular formula is C21H28N4O. The van der Waals surface area contributed by atoms with Crippen molar-refractivity contribution in [3.8, 4) is 0 Å². The number of aromatic nitrogens is 1.